The molecule has 4 heteroatoms. The van der Waals surface area contributed by atoms with Crippen molar-refractivity contribution in [2.24, 2.45) is 7.05 Å². The molecule has 0 radical (unpaired) electrons. The van der Waals surface area contributed by atoms with E-state index >= 15 is 0 Å². The standard InChI is InChI=1S/C17H23N3O/c1-4-13-11-16(20(3)19-13)17(18-2)12-5-7-14(8-6-12)21-15-9-10-15/h5-8,11,15,17-18H,4,9-10H2,1-3H3. The summed E-state index contributed by atoms with van der Waals surface area (Å²) in [6, 6.07) is 10.7. The first-order chi connectivity index (χ1) is 10.2. The van der Waals surface area contributed by atoms with E-state index in [1.807, 2.05) is 18.8 Å². The van der Waals surface area contributed by atoms with Crippen LogP contribution in [0.15, 0.2) is 30.3 Å². The van der Waals surface area contributed by atoms with E-state index < -0.39 is 0 Å². The first-order valence-corrected chi connectivity index (χ1v) is 7.68. The monoisotopic (exact) mass is 285 g/mol. The molecule has 0 saturated heterocycles. The van der Waals surface area contributed by atoms with E-state index in [0.29, 0.717) is 6.10 Å². The van der Waals surface area contributed by atoms with E-state index in [1.54, 1.807) is 0 Å². The third-order valence-corrected chi connectivity index (χ3v) is 3.95. The summed E-state index contributed by atoms with van der Waals surface area (Å²) in [6.45, 7) is 2.13. The average molecular weight is 285 g/mol. The normalized spacial score (nSPS) is 16.0. The third-order valence-electron chi connectivity index (χ3n) is 3.95. The summed E-state index contributed by atoms with van der Waals surface area (Å²) < 4.78 is 7.77. The molecule has 1 N–H and O–H groups in total. The van der Waals surface area contributed by atoms with Gasteiger partial charge in [0.05, 0.1) is 23.5 Å². The number of hydrogen-bond donors (Lipinski definition) is 1. The summed E-state index contributed by atoms with van der Waals surface area (Å²) >= 11 is 0. The van der Waals surface area contributed by atoms with Crippen LogP contribution in [0, 0.1) is 0 Å². The van der Waals surface area contributed by atoms with Gasteiger partial charge >= 0.3 is 0 Å². The van der Waals surface area contributed by atoms with Crippen molar-refractivity contribution in [2.75, 3.05) is 7.05 Å². The van der Waals surface area contributed by atoms with Gasteiger partial charge in [0.1, 0.15) is 5.75 Å². The van der Waals surface area contributed by atoms with Crippen LogP contribution in [0.5, 0.6) is 5.75 Å². The Kier molecular flexibility index (Phi) is 3.97. The highest BCUT2D eigenvalue weighted by Crippen LogP contribution is 2.29. The van der Waals surface area contributed by atoms with Crippen LogP contribution in [-0.4, -0.2) is 22.9 Å². The minimum absolute atomic E-state index is 0.151. The van der Waals surface area contributed by atoms with Gasteiger partial charge in [-0.15, -0.1) is 0 Å². The highest BCUT2D eigenvalue weighted by Gasteiger charge is 2.23. The topological polar surface area (TPSA) is 39.1 Å². The second kappa shape index (κ2) is 5.90. The molecule has 1 heterocycles. The summed E-state index contributed by atoms with van der Waals surface area (Å²) in [7, 11) is 3.99. The molecule has 112 valence electrons. The van der Waals surface area contributed by atoms with Gasteiger partial charge in [-0.2, -0.15) is 5.10 Å². The largest absolute Gasteiger partial charge is 0.490 e. The van der Waals surface area contributed by atoms with Crippen LogP contribution in [0.2, 0.25) is 0 Å². The van der Waals surface area contributed by atoms with Crippen molar-refractivity contribution >= 4 is 0 Å². The molecule has 1 atom stereocenters. The smallest absolute Gasteiger partial charge is 0.119 e. The molecule has 2 aromatic rings. The molecule has 0 aliphatic heterocycles. The Morgan fingerprint density at radius 2 is 2.05 bits per heavy atom. The van der Waals surface area contributed by atoms with E-state index in [9.17, 15) is 0 Å². The number of aryl methyl sites for hydroxylation is 2. The minimum atomic E-state index is 0.151. The number of hydrogen-bond acceptors (Lipinski definition) is 3. The van der Waals surface area contributed by atoms with Crippen molar-refractivity contribution in [3.63, 3.8) is 0 Å². The maximum atomic E-state index is 5.81. The Labute approximate surface area is 126 Å². The molecule has 1 fully saturated rings. The fourth-order valence-electron chi connectivity index (χ4n) is 2.59. The first kappa shape index (κ1) is 14.1. The number of benzene rings is 1. The summed E-state index contributed by atoms with van der Waals surface area (Å²) in [6.07, 6.45) is 3.78. The van der Waals surface area contributed by atoms with Crippen molar-refractivity contribution in [3.8, 4) is 5.75 Å². The predicted octanol–water partition coefficient (Wildman–Crippen LogP) is 2.83. The van der Waals surface area contributed by atoms with Gasteiger partial charge in [0.25, 0.3) is 0 Å². The summed E-state index contributed by atoms with van der Waals surface area (Å²) in [5.41, 5.74) is 3.54. The molecule has 1 aliphatic rings. The lowest BCUT2D eigenvalue weighted by Gasteiger charge is -2.17. The lowest BCUT2D eigenvalue weighted by molar-refractivity contribution is 0.303. The van der Waals surface area contributed by atoms with Crippen molar-refractivity contribution in [1.82, 2.24) is 15.1 Å². The lowest BCUT2D eigenvalue weighted by atomic mass is 10.0. The van der Waals surface area contributed by atoms with Crippen LogP contribution in [0.3, 0.4) is 0 Å². The van der Waals surface area contributed by atoms with E-state index in [0.717, 1.165) is 17.9 Å². The number of ether oxygens (including phenoxy) is 1. The molecule has 1 unspecified atom stereocenters. The van der Waals surface area contributed by atoms with Crippen molar-refractivity contribution < 1.29 is 4.74 Å². The Balaban J connectivity index is 1.82. The number of nitrogens with zero attached hydrogens (tertiary/aromatic N) is 2. The van der Waals surface area contributed by atoms with Crippen LogP contribution < -0.4 is 10.1 Å². The summed E-state index contributed by atoms with van der Waals surface area (Å²) in [5, 5.41) is 7.92. The Bertz CT molecular complexity index is 599. The van der Waals surface area contributed by atoms with Crippen LogP contribution in [0.4, 0.5) is 0 Å². The molecule has 0 amide bonds. The van der Waals surface area contributed by atoms with Gasteiger partial charge in [-0.25, -0.2) is 0 Å². The number of nitrogens with one attached hydrogen (secondary N) is 1. The lowest BCUT2D eigenvalue weighted by Crippen LogP contribution is -2.20. The molecule has 1 aromatic carbocycles. The van der Waals surface area contributed by atoms with Gasteiger partial charge in [-0.05, 0) is 50.1 Å². The van der Waals surface area contributed by atoms with Gasteiger partial charge in [0.15, 0.2) is 0 Å². The van der Waals surface area contributed by atoms with Gasteiger partial charge in [-0.3, -0.25) is 4.68 Å². The van der Waals surface area contributed by atoms with E-state index in [1.165, 1.54) is 24.1 Å². The summed E-state index contributed by atoms with van der Waals surface area (Å²) in [5.74, 6) is 0.968. The predicted molar refractivity (Wildman–Crippen MR) is 83.6 cm³/mol. The Morgan fingerprint density at radius 1 is 1.33 bits per heavy atom. The molecule has 1 aliphatic carbocycles. The van der Waals surface area contributed by atoms with Crippen molar-refractivity contribution in [1.29, 1.82) is 0 Å². The molecule has 4 nitrogen and oxygen atoms in total. The highest BCUT2D eigenvalue weighted by atomic mass is 16.5. The van der Waals surface area contributed by atoms with Crippen LogP contribution in [0.1, 0.15) is 42.8 Å². The molecule has 3 rings (SSSR count). The second-order valence-corrected chi connectivity index (χ2v) is 5.65. The maximum Gasteiger partial charge on any atom is 0.119 e. The molecule has 0 bridgehead atoms. The number of aromatic nitrogens is 2. The third kappa shape index (κ3) is 3.10. The van der Waals surface area contributed by atoms with E-state index in [-0.39, 0.29) is 6.04 Å². The van der Waals surface area contributed by atoms with Gasteiger partial charge in [0.2, 0.25) is 0 Å². The maximum absolute atomic E-state index is 5.81. The van der Waals surface area contributed by atoms with Crippen LogP contribution in [-0.2, 0) is 13.5 Å². The van der Waals surface area contributed by atoms with E-state index in [4.69, 9.17) is 4.74 Å². The first-order valence-electron chi connectivity index (χ1n) is 7.68. The van der Waals surface area contributed by atoms with Crippen LogP contribution in [0.25, 0.3) is 0 Å². The zero-order chi connectivity index (χ0) is 14.8. The van der Waals surface area contributed by atoms with E-state index in [2.05, 4.69) is 47.7 Å². The fraction of sp³-hybridized carbons (Fsp3) is 0.471. The van der Waals surface area contributed by atoms with Gasteiger partial charge < -0.3 is 10.1 Å². The quantitative estimate of drug-likeness (QED) is 0.887. The second-order valence-electron chi connectivity index (χ2n) is 5.65. The SMILES string of the molecule is CCc1cc(C(NC)c2ccc(OC3CC3)cc2)n(C)n1. The van der Waals surface area contributed by atoms with Crippen molar-refractivity contribution in [3.05, 3.63) is 47.3 Å². The molecule has 0 spiro atoms. The molecule has 1 saturated carbocycles. The Morgan fingerprint density at radius 3 is 2.57 bits per heavy atom. The zero-order valence-corrected chi connectivity index (χ0v) is 13.0. The number of rotatable bonds is 6. The van der Waals surface area contributed by atoms with Gasteiger partial charge in [0, 0.05) is 7.05 Å². The van der Waals surface area contributed by atoms with Crippen molar-refractivity contribution in [2.45, 2.75) is 38.3 Å². The fourth-order valence-corrected chi connectivity index (χ4v) is 2.59. The summed E-state index contributed by atoms with van der Waals surface area (Å²) in [4.78, 5) is 0. The Hall–Kier alpha value is -1.81. The zero-order valence-electron chi connectivity index (χ0n) is 13.0. The molecule has 21 heavy (non-hydrogen) atoms. The molecule has 1 aromatic heterocycles. The van der Waals surface area contributed by atoms with Gasteiger partial charge in [-0.1, -0.05) is 19.1 Å². The average Bonchev–Trinajstić information content (AvgIpc) is 3.24. The molecular formula is C17H23N3O. The minimum Gasteiger partial charge on any atom is -0.490 e. The van der Waals surface area contributed by atoms with Crippen LogP contribution >= 0.6 is 0 Å². The highest BCUT2D eigenvalue weighted by molar-refractivity contribution is 5.34. The molecular weight excluding hydrogens is 262 g/mol.